The van der Waals surface area contributed by atoms with Crippen LogP contribution < -0.4 is 10.9 Å². The van der Waals surface area contributed by atoms with Crippen molar-refractivity contribution in [2.75, 3.05) is 19.8 Å². The maximum Gasteiger partial charge on any atom is 0.269 e. The Morgan fingerprint density at radius 1 is 1.35 bits per heavy atom. The fourth-order valence-electron chi connectivity index (χ4n) is 2.20. The highest BCUT2D eigenvalue weighted by Crippen LogP contribution is 2.07. The first kappa shape index (κ1) is 17.1. The maximum atomic E-state index is 12.0. The topological polar surface area (TPSA) is 73.2 Å². The van der Waals surface area contributed by atoms with Crippen molar-refractivity contribution in [3.05, 3.63) is 40.8 Å². The van der Waals surface area contributed by atoms with Crippen molar-refractivity contribution in [3.63, 3.8) is 0 Å². The van der Waals surface area contributed by atoms with Crippen LogP contribution in [0.2, 0.25) is 0 Å². The second kappa shape index (κ2) is 8.43. The molecule has 6 heteroatoms. The highest BCUT2D eigenvalue weighted by atomic mass is 16.5. The molecular weight excluding hydrogens is 294 g/mol. The van der Waals surface area contributed by atoms with Gasteiger partial charge in [-0.25, -0.2) is 4.98 Å². The van der Waals surface area contributed by atoms with Crippen molar-refractivity contribution >= 4 is 16.9 Å². The Morgan fingerprint density at radius 3 is 2.91 bits per heavy atom. The quantitative estimate of drug-likeness (QED) is 0.750. The third-order valence-electron chi connectivity index (χ3n) is 3.29. The zero-order valence-electron chi connectivity index (χ0n) is 13.6. The molecule has 2 aromatic rings. The minimum absolute atomic E-state index is 0.00524. The van der Waals surface area contributed by atoms with Crippen molar-refractivity contribution < 1.29 is 9.53 Å². The summed E-state index contributed by atoms with van der Waals surface area (Å²) in [5, 5.41) is 2.81. The summed E-state index contributed by atoms with van der Waals surface area (Å²) >= 11 is 0. The van der Waals surface area contributed by atoms with Crippen LogP contribution in [0.15, 0.2) is 35.3 Å². The number of para-hydroxylation sites is 2. The lowest BCUT2D eigenvalue weighted by molar-refractivity contribution is -0.121. The summed E-state index contributed by atoms with van der Waals surface area (Å²) in [7, 11) is 0. The van der Waals surface area contributed by atoms with Crippen molar-refractivity contribution in [1.29, 1.82) is 0 Å². The number of hydrogen-bond acceptors (Lipinski definition) is 4. The number of nitrogens with zero attached hydrogens (tertiary/aromatic N) is 2. The number of carbonyl (C=O) groups excluding carboxylic acids is 1. The highest BCUT2D eigenvalue weighted by molar-refractivity contribution is 5.79. The van der Waals surface area contributed by atoms with E-state index in [9.17, 15) is 9.59 Å². The molecule has 1 amide bonds. The molecule has 0 aliphatic rings. The summed E-state index contributed by atoms with van der Waals surface area (Å²) < 4.78 is 6.89. The molecule has 0 spiro atoms. The summed E-state index contributed by atoms with van der Waals surface area (Å²) in [5.41, 5.74) is 1.08. The fraction of sp³-hybridized carbons (Fsp3) is 0.471. The van der Waals surface area contributed by atoms with Gasteiger partial charge < -0.3 is 10.1 Å². The molecule has 0 unspecified atom stereocenters. The molecule has 0 fully saturated rings. The molecule has 6 nitrogen and oxygen atoms in total. The lowest BCUT2D eigenvalue weighted by Gasteiger charge is -2.10. The van der Waals surface area contributed by atoms with Gasteiger partial charge in [0.1, 0.15) is 6.54 Å². The zero-order valence-corrected chi connectivity index (χ0v) is 13.6. The van der Waals surface area contributed by atoms with Gasteiger partial charge in [0.25, 0.3) is 5.56 Å². The molecule has 0 bridgehead atoms. The van der Waals surface area contributed by atoms with E-state index < -0.39 is 0 Å². The molecule has 0 saturated heterocycles. The molecular formula is C17H23N3O3. The molecule has 0 atom stereocenters. The van der Waals surface area contributed by atoms with Crippen molar-refractivity contribution in [2.24, 2.45) is 5.92 Å². The summed E-state index contributed by atoms with van der Waals surface area (Å²) in [6.45, 7) is 6.07. The van der Waals surface area contributed by atoms with Crippen LogP contribution >= 0.6 is 0 Å². The van der Waals surface area contributed by atoms with E-state index in [1.807, 2.05) is 18.2 Å². The zero-order chi connectivity index (χ0) is 16.7. The number of amides is 1. The lowest BCUT2D eigenvalue weighted by atomic mass is 10.2. The van der Waals surface area contributed by atoms with Crippen molar-refractivity contribution in [3.8, 4) is 0 Å². The second-order valence-electron chi connectivity index (χ2n) is 5.84. The maximum absolute atomic E-state index is 12.0. The molecule has 2 rings (SSSR count). The van der Waals surface area contributed by atoms with Gasteiger partial charge in [-0.1, -0.05) is 26.0 Å². The smallest absolute Gasteiger partial charge is 0.269 e. The Bertz CT molecular complexity index is 710. The van der Waals surface area contributed by atoms with Crippen molar-refractivity contribution in [2.45, 2.75) is 26.8 Å². The fourth-order valence-corrected chi connectivity index (χ4v) is 2.20. The number of nitrogens with one attached hydrogen (secondary N) is 1. The van der Waals surface area contributed by atoms with E-state index >= 15 is 0 Å². The normalized spacial score (nSPS) is 11.1. The Morgan fingerprint density at radius 2 is 2.13 bits per heavy atom. The van der Waals surface area contributed by atoms with Gasteiger partial charge in [-0.05, 0) is 24.5 Å². The molecule has 0 aliphatic carbocycles. The SMILES string of the molecule is CC(C)COCCCNC(=O)Cn1c(=O)cnc2ccccc21. The Labute approximate surface area is 135 Å². The van der Waals surface area contributed by atoms with Gasteiger partial charge in [-0.3, -0.25) is 14.2 Å². The van der Waals surface area contributed by atoms with E-state index in [2.05, 4.69) is 24.1 Å². The molecule has 0 radical (unpaired) electrons. The number of benzene rings is 1. The van der Waals surface area contributed by atoms with Gasteiger partial charge in [-0.15, -0.1) is 0 Å². The first-order valence-corrected chi connectivity index (χ1v) is 7.87. The number of carbonyl (C=O) groups is 1. The minimum Gasteiger partial charge on any atom is -0.381 e. The molecule has 1 aromatic heterocycles. The van der Waals surface area contributed by atoms with Crippen LogP contribution in [-0.2, 0) is 16.1 Å². The Kier molecular flexibility index (Phi) is 6.29. The molecule has 1 aromatic carbocycles. The number of hydrogen-bond donors (Lipinski definition) is 1. The Hall–Kier alpha value is -2.21. The number of rotatable bonds is 8. The molecule has 0 aliphatic heterocycles. The van der Waals surface area contributed by atoms with Gasteiger partial charge in [0.15, 0.2) is 0 Å². The van der Waals surface area contributed by atoms with E-state index in [0.29, 0.717) is 30.1 Å². The van der Waals surface area contributed by atoms with E-state index in [-0.39, 0.29) is 18.0 Å². The van der Waals surface area contributed by atoms with Crippen LogP contribution in [0.4, 0.5) is 0 Å². The molecule has 124 valence electrons. The molecule has 1 N–H and O–H groups in total. The predicted octanol–water partition coefficient (Wildman–Crippen LogP) is 1.58. The van der Waals surface area contributed by atoms with Crippen LogP contribution in [-0.4, -0.2) is 35.2 Å². The van der Waals surface area contributed by atoms with Crippen LogP contribution in [0, 0.1) is 5.92 Å². The summed E-state index contributed by atoms with van der Waals surface area (Å²) in [6.07, 6.45) is 2.00. The monoisotopic (exact) mass is 317 g/mol. The van der Waals surface area contributed by atoms with Gasteiger partial charge in [0.2, 0.25) is 5.91 Å². The van der Waals surface area contributed by atoms with Gasteiger partial charge in [-0.2, -0.15) is 0 Å². The average molecular weight is 317 g/mol. The standard InChI is InChI=1S/C17H23N3O3/c1-13(2)12-23-9-5-8-18-16(21)11-20-15-7-4-3-6-14(15)19-10-17(20)22/h3-4,6-7,10,13H,5,8-9,11-12H2,1-2H3,(H,18,21). The van der Waals surface area contributed by atoms with E-state index in [4.69, 9.17) is 4.74 Å². The van der Waals surface area contributed by atoms with Crippen LogP contribution in [0.5, 0.6) is 0 Å². The van der Waals surface area contributed by atoms with E-state index in [0.717, 1.165) is 13.0 Å². The Balaban J connectivity index is 1.86. The third kappa shape index (κ3) is 5.17. The number of aromatic nitrogens is 2. The summed E-state index contributed by atoms with van der Waals surface area (Å²) in [4.78, 5) is 28.0. The second-order valence-corrected chi connectivity index (χ2v) is 5.84. The summed E-state index contributed by atoms with van der Waals surface area (Å²) in [6, 6.07) is 7.28. The van der Waals surface area contributed by atoms with Gasteiger partial charge in [0, 0.05) is 19.8 Å². The van der Waals surface area contributed by atoms with Gasteiger partial charge >= 0.3 is 0 Å². The lowest BCUT2D eigenvalue weighted by Crippen LogP contribution is -2.33. The van der Waals surface area contributed by atoms with Crippen LogP contribution in [0.1, 0.15) is 20.3 Å². The highest BCUT2D eigenvalue weighted by Gasteiger charge is 2.08. The van der Waals surface area contributed by atoms with Crippen LogP contribution in [0.3, 0.4) is 0 Å². The van der Waals surface area contributed by atoms with Crippen molar-refractivity contribution in [1.82, 2.24) is 14.9 Å². The average Bonchev–Trinajstić information content (AvgIpc) is 2.53. The van der Waals surface area contributed by atoms with E-state index in [1.165, 1.54) is 10.8 Å². The van der Waals surface area contributed by atoms with E-state index in [1.54, 1.807) is 6.07 Å². The predicted molar refractivity (Wildman–Crippen MR) is 89.3 cm³/mol. The number of fused-ring (bicyclic) bond motifs is 1. The molecule has 23 heavy (non-hydrogen) atoms. The third-order valence-corrected chi connectivity index (χ3v) is 3.29. The first-order chi connectivity index (χ1) is 11.1. The largest absolute Gasteiger partial charge is 0.381 e. The molecule has 0 saturated carbocycles. The van der Waals surface area contributed by atoms with Crippen LogP contribution in [0.25, 0.3) is 11.0 Å². The number of ether oxygens (including phenoxy) is 1. The summed E-state index contributed by atoms with van der Waals surface area (Å²) in [5.74, 6) is 0.323. The first-order valence-electron chi connectivity index (χ1n) is 7.87. The molecule has 1 heterocycles. The van der Waals surface area contributed by atoms with Gasteiger partial charge in [0.05, 0.1) is 17.2 Å². The minimum atomic E-state index is -0.279.